The van der Waals surface area contributed by atoms with Crippen molar-refractivity contribution in [3.05, 3.63) is 152 Å². The van der Waals surface area contributed by atoms with Crippen LogP contribution in [0, 0.1) is 0 Å². The van der Waals surface area contributed by atoms with Crippen LogP contribution in [0.15, 0.2) is 160 Å². The summed E-state index contributed by atoms with van der Waals surface area (Å²) < 4.78 is 13.0. The molecule has 57 heavy (non-hydrogen) atoms. The second-order valence-corrected chi connectivity index (χ2v) is 14.3. The number of benzene rings is 9. The maximum absolute atomic E-state index is 11.2. The predicted octanol–water partition coefficient (Wildman–Crippen LogP) is 13.0. The Balaban J connectivity index is 1.22. The van der Waals surface area contributed by atoms with Crippen molar-refractivity contribution in [2.24, 2.45) is 0 Å². The lowest BCUT2D eigenvalue weighted by Gasteiger charge is -2.20. The summed E-state index contributed by atoms with van der Waals surface area (Å²) in [4.78, 5) is 0. The first-order chi connectivity index (χ1) is 27.9. The van der Waals surface area contributed by atoms with Crippen molar-refractivity contribution >= 4 is 65.4 Å². The number of furan rings is 2. The molecule has 2 heterocycles. The molecule has 9 aromatic carbocycles. The molecule has 0 aliphatic carbocycles. The van der Waals surface area contributed by atoms with E-state index in [9.17, 15) is 25.5 Å². The first-order valence-corrected chi connectivity index (χ1v) is 18.5. The van der Waals surface area contributed by atoms with Crippen LogP contribution in [-0.2, 0) is 0 Å². The summed E-state index contributed by atoms with van der Waals surface area (Å²) in [5, 5.41) is 60.8. The Bertz CT molecular complexity index is 3390. The molecular weight excluding hydrogens is 713 g/mol. The third-order valence-corrected chi connectivity index (χ3v) is 11.2. The molecule has 0 fully saturated rings. The molecule has 2 aromatic heterocycles. The average molecular weight is 743 g/mol. The van der Waals surface area contributed by atoms with Gasteiger partial charge in [0.2, 0.25) is 17.2 Å². The lowest BCUT2D eigenvalue weighted by atomic mass is 9.84. The van der Waals surface area contributed by atoms with Gasteiger partial charge in [-0.3, -0.25) is 0 Å². The SMILES string of the molecule is Oc1c(O)c(O)c(-c2c3ccccc3c(-c3cccc(-c4c(-c5cccc6c5oc5ccccc56)ccc5oc6ccccc6c45)c3)c3ccccc23)c(O)c1O. The Morgan fingerprint density at radius 1 is 0.298 bits per heavy atom. The molecule has 0 atom stereocenters. The number of hydrogen-bond acceptors (Lipinski definition) is 7. The fourth-order valence-corrected chi connectivity index (χ4v) is 8.76. The predicted molar refractivity (Wildman–Crippen MR) is 226 cm³/mol. The van der Waals surface area contributed by atoms with Gasteiger partial charge in [0.15, 0.2) is 11.5 Å². The molecule has 0 spiro atoms. The van der Waals surface area contributed by atoms with Crippen LogP contribution < -0.4 is 0 Å². The van der Waals surface area contributed by atoms with Crippen molar-refractivity contribution in [2.45, 2.75) is 0 Å². The van der Waals surface area contributed by atoms with Gasteiger partial charge in [-0.25, -0.2) is 0 Å². The fraction of sp³-hybridized carbons (Fsp3) is 0. The van der Waals surface area contributed by atoms with Gasteiger partial charge < -0.3 is 34.4 Å². The van der Waals surface area contributed by atoms with E-state index in [4.69, 9.17) is 8.83 Å². The number of phenols is 5. The first-order valence-electron chi connectivity index (χ1n) is 18.5. The second-order valence-electron chi connectivity index (χ2n) is 14.3. The van der Waals surface area contributed by atoms with E-state index in [0.29, 0.717) is 16.3 Å². The van der Waals surface area contributed by atoms with E-state index in [1.54, 1.807) is 0 Å². The molecule has 0 saturated heterocycles. The molecule has 0 radical (unpaired) electrons. The number of rotatable bonds is 4. The Hall–Kier alpha value is -7.90. The molecule has 272 valence electrons. The summed E-state index contributed by atoms with van der Waals surface area (Å²) in [6, 6.07) is 50.2. The van der Waals surface area contributed by atoms with Gasteiger partial charge >= 0.3 is 0 Å². The van der Waals surface area contributed by atoms with E-state index < -0.39 is 28.7 Å². The van der Waals surface area contributed by atoms with E-state index in [2.05, 4.69) is 54.6 Å². The van der Waals surface area contributed by atoms with Crippen LogP contribution in [0.4, 0.5) is 0 Å². The molecule has 7 heteroatoms. The third kappa shape index (κ3) is 4.60. The molecule has 0 unspecified atom stereocenters. The van der Waals surface area contributed by atoms with Gasteiger partial charge in [0, 0.05) is 38.2 Å². The molecule has 5 N–H and O–H groups in total. The van der Waals surface area contributed by atoms with Gasteiger partial charge in [-0.05, 0) is 74.1 Å². The van der Waals surface area contributed by atoms with Crippen molar-refractivity contribution in [3.8, 4) is 73.3 Å². The molecule has 0 bridgehead atoms. The standard InChI is InChI=1S/C50H30O7/c51-45-44(46(52)48(54)49(55)47(45)53)42-31-16-3-1-14-29(31)40(30-15-2-4-17-32(30)42)26-11-9-12-27(25-26)41-33(23-24-39-43(41)36-18-6-8-22-38(36)56-39)35-20-10-19-34-28-13-5-7-21-37(28)57-50(34)35/h1-25,51-55H. The lowest BCUT2D eigenvalue weighted by Crippen LogP contribution is -1.93. The molecule has 11 aromatic rings. The fourth-order valence-electron chi connectivity index (χ4n) is 8.76. The van der Waals surface area contributed by atoms with Crippen LogP contribution in [0.2, 0.25) is 0 Å². The summed E-state index contributed by atoms with van der Waals surface area (Å²) in [6.07, 6.45) is 0. The van der Waals surface area contributed by atoms with Crippen LogP contribution in [0.3, 0.4) is 0 Å². The smallest absolute Gasteiger partial charge is 0.208 e. The Labute approximate surface area is 323 Å². The molecule has 11 rings (SSSR count). The van der Waals surface area contributed by atoms with Crippen molar-refractivity contribution in [1.29, 1.82) is 0 Å². The number of aromatic hydroxyl groups is 5. The summed E-state index contributed by atoms with van der Waals surface area (Å²) in [6.45, 7) is 0. The monoisotopic (exact) mass is 742 g/mol. The van der Waals surface area contributed by atoms with Crippen LogP contribution in [-0.4, -0.2) is 25.5 Å². The minimum atomic E-state index is -1.01. The topological polar surface area (TPSA) is 127 Å². The average Bonchev–Trinajstić information content (AvgIpc) is 3.83. The minimum absolute atomic E-state index is 0.196. The van der Waals surface area contributed by atoms with Crippen molar-refractivity contribution in [2.75, 3.05) is 0 Å². The Morgan fingerprint density at radius 3 is 1.44 bits per heavy atom. The summed E-state index contributed by atoms with van der Waals surface area (Å²) in [5.41, 5.74) is 9.06. The molecule has 0 amide bonds. The van der Waals surface area contributed by atoms with Gasteiger partial charge in [0.1, 0.15) is 22.3 Å². The highest BCUT2D eigenvalue weighted by atomic mass is 16.4. The molecule has 0 saturated carbocycles. The van der Waals surface area contributed by atoms with Gasteiger partial charge in [-0.1, -0.05) is 121 Å². The van der Waals surface area contributed by atoms with Crippen LogP contribution in [0.5, 0.6) is 28.7 Å². The van der Waals surface area contributed by atoms with Gasteiger partial charge in [-0.2, -0.15) is 0 Å². The zero-order valence-electron chi connectivity index (χ0n) is 30.0. The highest BCUT2D eigenvalue weighted by Crippen LogP contribution is 2.58. The lowest BCUT2D eigenvalue weighted by molar-refractivity contribution is 0.330. The van der Waals surface area contributed by atoms with Crippen LogP contribution >= 0.6 is 0 Å². The largest absolute Gasteiger partial charge is 0.504 e. The van der Waals surface area contributed by atoms with Crippen molar-refractivity contribution in [1.82, 2.24) is 0 Å². The Morgan fingerprint density at radius 2 is 0.789 bits per heavy atom. The number of para-hydroxylation sites is 3. The molecular formula is C50H30O7. The summed E-state index contributed by atoms with van der Waals surface area (Å²) in [5.74, 6) is -4.37. The molecule has 0 aliphatic heterocycles. The van der Waals surface area contributed by atoms with Crippen LogP contribution in [0.25, 0.3) is 110 Å². The number of fused-ring (bicyclic) bond motifs is 8. The summed E-state index contributed by atoms with van der Waals surface area (Å²) >= 11 is 0. The first kappa shape index (κ1) is 32.5. The highest BCUT2D eigenvalue weighted by Gasteiger charge is 2.28. The van der Waals surface area contributed by atoms with E-state index >= 15 is 0 Å². The molecule has 7 nitrogen and oxygen atoms in total. The minimum Gasteiger partial charge on any atom is -0.504 e. The third-order valence-electron chi connectivity index (χ3n) is 11.2. The Kier molecular flexibility index (Phi) is 6.88. The summed E-state index contributed by atoms with van der Waals surface area (Å²) in [7, 11) is 0. The number of hydrogen-bond donors (Lipinski definition) is 5. The zero-order chi connectivity index (χ0) is 38.5. The zero-order valence-corrected chi connectivity index (χ0v) is 30.0. The molecule has 0 aliphatic rings. The van der Waals surface area contributed by atoms with E-state index in [-0.39, 0.29) is 5.56 Å². The number of phenolic OH excluding ortho intramolecular Hbond substituents is 5. The van der Waals surface area contributed by atoms with E-state index in [0.717, 1.165) is 88.0 Å². The van der Waals surface area contributed by atoms with Crippen molar-refractivity contribution < 1.29 is 34.4 Å². The maximum atomic E-state index is 11.2. The van der Waals surface area contributed by atoms with Gasteiger partial charge in [0.25, 0.3) is 0 Å². The normalized spacial score (nSPS) is 11.9. The van der Waals surface area contributed by atoms with E-state index in [1.807, 2.05) is 97.1 Å². The van der Waals surface area contributed by atoms with Crippen molar-refractivity contribution in [3.63, 3.8) is 0 Å². The second kappa shape index (κ2) is 12.1. The van der Waals surface area contributed by atoms with Gasteiger partial charge in [-0.15, -0.1) is 0 Å². The maximum Gasteiger partial charge on any atom is 0.208 e. The van der Waals surface area contributed by atoms with Crippen LogP contribution in [0.1, 0.15) is 0 Å². The van der Waals surface area contributed by atoms with Gasteiger partial charge in [0.05, 0.1) is 5.56 Å². The quantitative estimate of drug-likeness (QED) is 0.0690. The van der Waals surface area contributed by atoms with E-state index in [1.165, 1.54) is 0 Å². The highest BCUT2D eigenvalue weighted by molar-refractivity contribution is 6.23.